The number of aryl methyl sites for hydroxylation is 1. The molecule has 0 atom stereocenters. The Bertz CT molecular complexity index is 577. The van der Waals surface area contributed by atoms with E-state index in [1.54, 1.807) is 6.07 Å². The number of hydrogen-bond acceptors (Lipinski definition) is 6. The van der Waals surface area contributed by atoms with Crippen LogP contribution in [0.1, 0.15) is 5.56 Å². The topological polar surface area (TPSA) is 83.2 Å². The second-order valence-corrected chi connectivity index (χ2v) is 4.33. The van der Waals surface area contributed by atoms with Gasteiger partial charge in [0.1, 0.15) is 5.75 Å². The number of benzene rings is 1. The third kappa shape index (κ3) is 2.86. The molecule has 1 aromatic carbocycles. The van der Waals surface area contributed by atoms with E-state index in [1.807, 2.05) is 19.1 Å². The maximum Gasteiger partial charge on any atom is 0.330 e. The molecule has 18 heavy (non-hydrogen) atoms. The summed E-state index contributed by atoms with van der Waals surface area (Å²) in [5.74, 6) is 0.661. The maximum atomic E-state index is 5.51. The highest BCUT2D eigenvalue weighted by atomic mass is 79.9. The van der Waals surface area contributed by atoms with Crippen molar-refractivity contribution in [3.8, 4) is 17.8 Å². The van der Waals surface area contributed by atoms with Gasteiger partial charge >= 0.3 is 12.0 Å². The summed E-state index contributed by atoms with van der Waals surface area (Å²) in [6.07, 6.45) is 0. The summed E-state index contributed by atoms with van der Waals surface area (Å²) >= 11 is 3.41. The number of ether oxygens (including phenoxy) is 2. The molecule has 0 aliphatic heterocycles. The highest BCUT2D eigenvalue weighted by molar-refractivity contribution is 9.10. The monoisotopic (exact) mass is 310 g/mol. The van der Waals surface area contributed by atoms with Gasteiger partial charge in [-0.1, -0.05) is 15.9 Å². The van der Waals surface area contributed by atoms with Crippen molar-refractivity contribution in [3.05, 3.63) is 28.2 Å². The Balaban J connectivity index is 2.27. The summed E-state index contributed by atoms with van der Waals surface area (Å²) in [6.45, 7) is 1.96. The first kappa shape index (κ1) is 12.6. The van der Waals surface area contributed by atoms with Crippen LogP contribution in [0.2, 0.25) is 0 Å². The van der Waals surface area contributed by atoms with Gasteiger partial charge in [0.15, 0.2) is 0 Å². The average Bonchev–Trinajstić information content (AvgIpc) is 2.33. The van der Waals surface area contributed by atoms with E-state index in [0.717, 1.165) is 10.0 Å². The van der Waals surface area contributed by atoms with Crippen molar-refractivity contribution in [2.45, 2.75) is 6.92 Å². The largest absolute Gasteiger partial charge is 0.467 e. The van der Waals surface area contributed by atoms with Crippen LogP contribution in [-0.2, 0) is 0 Å². The molecular formula is C11H11BrN4O2. The Labute approximate surface area is 112 Å². The third-order valence-corrected chi connectivity index (χ3v) is 3.02. The summed E-state index contributed by atoms with van der Waals surface area (Å²) in [4.78, 5) is 11.6. The molecule has 0 unspecified atom stereocenters. The van der Waals surface area contributed by atoms with Crippen molar-refractivity contribution in [1.29, 1.82) is 0 Å². The second-order valence-electron chi connectivity index (χ2n) is 3.48. The molecule has 0 saturated heterocycles. The van der Waals surface area contributed by atoms with E-state index < -0.39 is 0 Å². The molecule has 0 saturated carbocycles. The normalized spacial score (nSPS) is 10.2. The molecule has 94 valence electrons. The van der Waals surface area contributed by atoms with Crippen LogP contribution in [0.4, 0.5) is 5.95 Å². The molecule has 2 aromatic rings. The first-order valence-electron chi connectivity index (χ1n) is 5.08. The van der Waals surface area contributed by atoms with Crippen molar-refractivity contribution in [3.63, 3.8) is 0 Å². The van der Waals surface area contributed by atoms with Crippen LogP contribution in [0.15, 0.2) is 22.7 Å². The van der Waals surface area contributed by atoms with E-state index in [-0.39, 0.29) is 18.0 Å². The van der Waals surface area contributed by atoms with Crippen LogP contribution in [0.25, 0.3) is 0 Å². The molecule has 0 spiro atoms. The molecule has 7 heteroatoms. The van der Waals surface area contributed by atoms with Crippen LogP contribution in [0.5, 0.6) is 17.8 Å². The van der Waals surface area contributed by atoms with Crippen molar-refractivity contribution >= 4 is 21.9 Å². The predicted molar refractivity (Wildman–Crippen MR) is 69.7 cm³/mol. The van der Waals surface area contributed by atoms with E-state index in [4.69, 9.17) is 15.2 Å². The lowest BCUT2D eigenvalue weighted by Crippen LogP contribution is -2.02. The minimum Gasteiger partial charge on any atom is -0.467 e. The minimum atomic E-state index is 0.0469. The second kappa shape index (κ2) is 5.18. The summed E-state index contributed by atoms with van der Waals surface area (Å²) in [6, 6.07) is 5.75. The number of hydrogen-bond donors (Lipinski definition) is 1. The van der Waals surface area contributed by atoms with Gasteiger partial charge in [-0.2, -0.15) is 9.97 Å². The molecule has 0 aliphatic rings. The summed E-state index contributed by atoms with van der Waals surface area (Å²) in [5.41, 5.74) is 6.56. The zero-order valence-corrected chi connectivity index (χ0v) is 11.4. The molecule has 0 bridgehead atoms. The fourth-order valence-corrected chi connectivity index (χ4v) is 1.52. The van der Waals surface area contributed by atoms with Gasteiger partial charge in [0.2, 0.25) is 5.95 Å². The van der Waals surface area contributed by atoms with E-state index in [0.29, 0.717) is 5.75 Å². The van der Waals surface area contributed by atoms with Crippen LogP contribution in [0, 0.1) is 6.92 Å². The average molecular weight is 311 g/mol. The Kier molecular flexibility index (Phi) is 3.61. The maximum absolute atomic E-state index is 5.51. The lowest BCUT2D eigenvalue weighted by Gasteiger charge is -2.06. The number of nitrogens with zero attached hydrogens (tertiary/aromatic N) is 3. The van der Waals surface area contributed by atoms with Gasteiger partial charge in [0, 0.05) is 4.47 Å². The number of anilines is 1. The Morgan fingerprint density at radius 2 is 1.89 bits per heavy atom. The number of nitrogens with two attached hydrogens (primary N) is 1. The molecule has 2 N–H and O–H groups in total. The summed E-state index contributed by atoms with van der Waals surface area (Å²) in [7, 11) is 1.45. The molecule has 0 fully saturated rings. The Hall–Kier alpha value is -1.89. The molecule has 1 heterocycles. The van der Waals surface area contributed by atoms with Gasteiger partial charge in [-0.05, 0) is 30.7 Å². The van der Waals surface area contributed by atoms with E-state index in [9.17, 15) is 0 Å². The van der Waals surface area contributed by atoms with Crippen LogP contribution in [-0.4, -0.2) is 22.1 Å². The zero-order chi connectivity index (χ0) is 13.1. The SMILES string of the molecule is COc1nc(N)nc(Oc2ccc(Br)c(C)c2)n1. The zero-order valence-electron chi connectivity index (χ0n) is 9.85. The van der Waals surface area contributed by atoms with Crippen molar-refractivity contribution in [2.24, 2.45) is 0 Å². The van der Waals surface area contributed by atoms with Gasteiger partial charge in [0.25, 0.3) is 0 Å². The lowest BCUT2D eigenvalue weighted by atomic mass is 10.2. The minimum absolute atomic E-state index is 0.0469. The molecule has 0 amide bonds. The molecule has 0 aliphatic carbocycles. The molecule has 0 radical (unpaired) electrons. The lowest BCUT2D eigenvalue weighted by molar-refractivity contribution is 0.360. The van der Waals surface area contributed by atoms with Crippen molar-refractivity contribution in [2.75, 3.05) is 12.8 Å². The molecule has 1 aromatic heterocycles. The first-order valence-corrected chi connectivity index (χ1v) is 5.87. The van der Waals surface area contributed by atoms with Gasteiger partial charge in [-0.25, -0.2) is 0 Å². The molecule has 2 rings (SSSR count). The number of methoxy groups -OCH3 is 1. The number of nitrogen functional groups attached to an aromatic ring is 1. The molecule has 6 nitrogen and oxygen atoms in total. The van der Waals surface area contributed by atoms with E-state index in [2.05, 4.69) is 30.9 Å². The van der Waals surface area contributed by atoms with Crippen LogP contribution in [0.3, 0.4) is 0 Å². The predicted octanol–water partition coefficient (Wildman–Crippen LogP) is 2.33. The fourth-order valence-electron chi connectivity index (χ4n) is 1.28. The van der Waals surface area contributed by atoms with Gasteiger partial charge < -0.3 is 15.2 Å². The number of rotatable bonds is 3. The van der Waals surface area contributed by atoms with E-state index >= 15 is 0 Å². The summed E-state index contributed by atoms with van der Waals surface area (Å²) < 4.78 is 11.4. The van der Waals surface area contributed by atoms with Crippen LogP contribution >= 0.6 is 15.9 Å². The highest BCUT2D eigenvalue weighted by Crippen LogP contribution is 2.25. The Morgan fingerprint density at radius 3 is 2.56 bits per heavy atom. The van der Waals surface area contributed by atoms with E-state index in [1.165, 1.54) is 7.11 Å². The first-order chi connectivity index (χ1) is 8.58. The van der Waals surface area contributed by atoms with Gasteiger partial charge in [-0.15, -0.1) is 4.98 Å². The van der Waals surface area contributed by atoms with Crippen molar-refractivity contribution < 1.29 is 9.47 Å². The highest BCUT2D eigenvalue weighted by Gasteiger charge is 2.07. The standard InChI is InChI=1S/C11H11BrN4O2/c1-6-5-7(3-4-8(6)12)18-11-15-9(13)14-10(16-11)17-2/h3-5H,1-2H3,(H2,13,14,15,16). The molecular weight excluding hydrogens is 300 g/mol. The third-order valence-electron chi connectivity index (χ3n) is 2.13. The van der Waals surface area contributed by atoms with Gasteiger partial charge in [-0.3, -0.25) is 0 Å². The fraction of sp³-hybridized carbons (Fsp3) is 0.182. The van der Waals surface area contributed by atoms with Crippen LogP contribution < -0.4 is 15.2 Å². The Morgan fingerprint density at radius 1 is 1.17 bits per heavy atom. The quantitative estimate of drug-likeness (QED) is 0.936. The van der Waals surface area contributed by atoms with Gasteiger partial charge in [0.05, 0.1) is 7.11 Å². The number of halogens is 1. The summed E-state index contributed by atoms with van der Waals surface area (Å²) in [5, 5.41) is 0. The number of aromatic nitrogens is 3. The smallest absolute Gasteiger partial charge is 0.330 e. The van der Waals surface area contributed by atoms with Crippen molar-refractivity contribution in [1.82, 2.24) is 15.0 Å².